The predicted molar refractivity (Wildman–Crippen MR) is 149 cm³/mol. The van der Waals surface area contributed by atoms with Crippen LogP contribution in [0, 0.1) is 0 Å². The summed E-state index contributed by atoms with van der Waals surface area (Å²) in [6.45, 7) is 14.0. The van der Waals surface area contributed by atoms with Gasteiger partial charge in [0.15, 0.2) is 0 Å². The van der Waals surface area contributed by atoms with E-state index in [0.717, 1.165) is 0 Å². The minimum Gasteiger partial charge on any atom is -0.0651 e. The maximum absolute atomic E-state index is 2.48. The minimum absolute atomic E-state index is 1.23. The first kappa shape index (κ1) is 27.7. The second kappa shape index (κ2) is 15.4. The Bertz CT molecular complexity index is 757. The van der Waals surface area contributed by atoms with Gasteiger partial charge in [0.05, 0.1) is 0 Å². The van der Waals surface area contributed by atoms with Crippen molar-refractivity contribution < 1.29 is 0 Å². The quantitative estimate of drug-likeness (QED) is 0.240. The Kier molecular flexibility index (Phi) is 12.9. The average molecular weight is 449 g/mol. The first-order chi connectivity index (χ1) is 16.1. The monoisotopic (exact) mass is 448 g/mol. The van der Waals surface area contributed by atoms with Crippen LogP contribution in [0.2, 0.25) is 0 Å². The molecule has 0 N–H and O–H groups in total. The molecule has 0 saturated carbocycles. The fraction of sp³-hybridized carbons (Fsp3) is 0.636. The van der Waals surface area contributed by atoms with Gasteiger partial charge < -0.3 is 0 Å². The third-order valence-electron chi connectivity index (χ3n) is 7.18. The van der Waals surface area contributed by atoms with E-state index in [0.29, 0.717) is 0 Å². The highest BCUT2D eigenvalue weighted by molar-refractivity contribution is 5.43. The van der Waals surface area contributed by atoms with Crippen LogP contribution in [0.25, 0.3) is 0 Å². The Morgan fingerprint density at radius 1 is 0.333 bits per heavy atom. The molecule has 0 unspecified atom stereocenters. The Balaban J connectivity index is 2.28. The molecule has 0 radical (unpaired) electrons. The van der Waals surface area contributed by atoms with Crippen LogP contribution < -0.4 is 0 Å². The van der Waals surface area contributed by atoms with Crippen molar-refractivity contribution in [2.75, 3.05) is 0 Å². The van der Waals surface area contributed by atoms with Crippen molar-refractivity contribution in [2.24, 2.45) is 0 Å². The van der Waals surface area contributed by atoms with Gasteiger partial charge in [-0.05, 0) is 102 Å². The SMILES string of the molecule is CCCc1ccc(CCCc2ccc(CCC)c(CCC)c2CCC)c(CCC)c1CCC. The molecule has 2 aromatic rings. The number of aryl methyl sites for hydroxylation is 4. The van der Waals surface area contributed by atoms with E-state index in [9.17, 15) is 0 Å². The van der Waals surface area contributed by atoms with Crippen molar-refractivity contribution >= 4 is 0 Å². The van der Waals surface area contributed by atoms with Crippen molar-refractivity contribution in [1.82, 2.24) is 0 Å². The van der Waals surface area contributed by atoms with Crippen LogP contribution in [-0.4, -0.2) is 0 Å². The van der Waals surface area contributed by atoms with Gasteiger partial charge in [0.1, 0.15) is 0 Å². The maximum atomic E-state index is 2.48. The van der Waals surface area contributed by atoms with Gasteiger partial charge in [-0.15, -0.1) is 0 Å². The summed E-state index contributed by atoms with van der Waals surface area (Å²) in [6, 6.07) is 9.89. The summed E-state index contributed by atoms with van der Waals surface area (Å²) in [5.41, 5.74) is 13.3. The van der Waals surface area contributed by atoms with Gasteiger partial charge in [-0.1, -0.05) is 104 Å². The van der Waals surface area contributed by atoms with E-state index in [2.05, 4.69) is 65.8 Å². The molecule has 184 valence electrons. The van der Waals surface area contributed by atoms with Crippen molar-refractivity contribution in [3.63, 3.8) is 0 Å². The third-order valence-corrected chi connectivity index (χ3v) is 7.18. The molecule has 0 aliphatic heterocycles. The van der Waals surface area contributed by atoms with E-state index in [1.54, 1.807) is 44.5 Å². The molecule has 0 spiro atoms. The standard InChI is InChI=1S/C33H52/c1-7-14-26-22-24-28(32(18-11-5)30(26)16-9-3)20-13-21-29-25-23-27(15-8-2)31(17-10-4)33(29)19-12-6/h22-25H,7-21H2,1-6H3. The molecule has 0 heteroatoms. The Hall–Kier alpha value is -1.56. The van der Waals surface area contributed by atoms with Crippen molar-refractivity contribution in [3.05, 3.63) is 68.8 Å². The fourth-order valence-electron chi connectivity index (χ4n) is 5.77. The molecule has 0 bridgehead atoms. The van der Waals surface area contributed by atoms with Crippen molar-refractivity contribution in [3.8, 4) is 0 Å². The summed E-state index contributed by atoms with van der Waals surface area (Å²) < 4.78 is 0. The van der Waals surface area contributed by atoms with E-state index in [-0.39, 0.29) is 0 Å². The molecule has 0 aliphatic rings. The van der Waals surface area contributed by atoms with Crippen LogP contribution in [-0.2, 0) is 51.4 Å². The lowest BCUT2D eigenvalue weighted by molar-refractivity contribution is 0.760. The van der Waals surface area contributed by atoms with Crippen LogP contribution in [0.3, 0.4) is 0 Å². The highest BCUT2D eigenvalue weighted by Gasteiger charge is 2.14. The maximum Gasteiger partial charge on any atom is -0.0273 e. The van der Waals surface area contributed by atoms with Gasteiger partial charge in [-0.2, -0.15) is 0 Å². The van der Waals surface area contributed by atoms with E-state index in [4.69, 9.17) is 0 Å². The van der Waals surface area contributed by atoms with E-state index >= 15 is 0 Å². The van der Waals surface area contributed by atoms with Crippen LogP contribution in [0.4, 0.5) is 0 Å². The summed E-state index contributed by atoms with van der Waals surface area (Å²) in [5, 5.41) is 0. The molecule has 0 saturated heterocycles. The summed E-state index contributed by atoms with van der Waals surface area (Å²) >= 11 is 0. The smallest absolute Gasteiger partial charge is 0.0273 e. The zero-order valence-electron chi connectivity index (χ0n) is 22.9. The number of rotatable bonds is 16. The molecule has 0 heterocycles. The van der Waals surface area contributed by atoms with E-state index in [1.165, 1.54) is 96.3 Å². The van der Waals surface area contributed by atoms with Gasteiger partial charge in [-0.25, -0.2) is 0 Å². The van der Waals surface area contributed by atoms with Gasteiger partial charge in [0, 0.05) is 0 Å². The molecular formula is C33H52. The highest BCUT2D eigenvalue weighted by atomic mass is 14.2. The molecule has 0 fully saturated rings. The molecule has 0 amide bonds. The lowest BCUT2D eigenvalue weighted by Crippen LogP contribution is -2.07. The highest BCUT2D eigenvalue weighted by Crippen LogP contribution is 2.28. The van der Waals surface area contributed by atoms with Gasteiger partial charge in [-0.3, -0.25) is 0 Å². The summed E-state index contributed by atoms with van der Waals surface area (Å²) in [6.07, 6.45) is 18.7. The molecule has 2 aromatic carbocycles. The van der Waals surface area contributed by atoms with Crippen LogP contribution in [0.15, 0.2) is 24.3 Å². The Morgan fingerprint density at radius 2 is 0.576 bits per heavy atom. The molecule has 0 aliphatic carbocycles. The zero-order chi connectivity index (χ0) is 24.1. The topological polar surface area (TPSA) is 0 Å². The zero-order valence-corrected chi connectivity index (χ0v) is 22.9. The van der Waals surface area contributed by atoms with Gasteiger partial charge >= 0.3 is 0 Å². The summed E-state index contributed by atoms with van der Waals surface area (Å²) in [4.78, 5) is 0. The first-order valence-corrected chi connectivity index (χ1v) is 14.4. The van der Waals surface area contributed by atoms with Gasteiger partial charge in [0.25, 0.3) is 0 Å². The number of hydrogen-bond acceptors (Lipinski definition) is 0. The predicted octanol–water partition coefficient (Wildman–Crippen LogP) is 9.58. The molecular weight excluding hydrogens is 396 g/mol. The Labute approximate surface area is 206 Å². The second-order valence-electron chi connectivity index (χ2n) is 10.0. The van der Waals surface area contributed by atoms with Crippen molar-refractivity contribution in [1.29, 1.82) is 0 Å². The van der Waals surface area contributed by atoms with E-state index < -0.39 is 0 Å². The molecule has 0 atom stereocenters. The van der Waals surface area contributed by atoms with Gasteiger partial charge in [0.2, 0.25) is 0 Å². The van der Waals surface area contributed by atoms with Crippen LogP contribution >= 0.6 is 0 Å². The minimum atomic E-state index is 1.23. The van der Waals surface area contributed by atoms with Crippen LogP contribution in [0.5, 0.6) is 0 Å². The van der Waals surface area contributed by atoms with Crippen molar-refractivity contribution in [2.45, 2.75) is 138 Å². The average Bonchev–Trinajstić information content (AvgIpc) is 2.81. The fourth-order valence-corrected chi connectivity index (χ4v) is 5.77. The molecule has 0 nitrogen and oxygen atoms in total. The van der Waals surface area contributed by atoms with E-state index in [1.807, 2.05) is 0 Å². The normalized spacial score (nSPS) is 11.3. The number of benzene rings is 2. The number of hydrogen-bond donors (Lipinski definition) is 0. The summed E-state index contributed by atoms with van der Waals surface area (Å²) in [7, 11) is 0. The summed E-state index contributed by atoms with van der Waals surface area (Å²) in [5.74, 6) is 0. The lowest BCUT2D eigenvalue weighted by Gasteiger charge is -2.20. The van der Waals surface area contributed by atoms with Crippen LogP contribution in [0.1, 0.15) is 131 Å². The first-order valence-electron chi connectivity index (χ1n) is 14.4. The second-order valence-corrected chi connectivity index (χ2v) is 10.0. The molecule has 0 aromatic heterocycles. The largest absolute Gasteiger partial charge is 0.0651 e. The third kappa shape index (κ3) is 7.73. The Morgan fingerprint density at radius 3 is 0.818 bits per heavy atom. The molecule has 2 rings (SSSR count). The molecule has 33 heavy (non-hydrogen) atoms. The lowest BCUT2D eigenvalue weighted by atomic mass is 9.85.